The van der Waals surface area contributed by atoms with E-state index in [1.165, 1.54) is 5.56 Å². The highest BCUT2D eigenvalue weighted by atomic mass is 16.2. The second kappa shape index (κ2) is 7.56. The molecule has 0 spiro atoms. The molecule has 0 radical (unpaired) electrons. The molecule has 2 aromatic rings. The Hall–Kier alpha value is -2.66. The molecule has 0 unspecified atom stereocenters. The third-order valence-corrected chi connectivity index (χ3v) is 3.75. The van der Waals surface area contributed by atoms with Crippen molar-refractivity contribution in [3.8, 4) is 0 Å². The summed E-state index contributed by atoms with van der Waals surface area (Å²) in [7, 11) is 0. The summed E-state index contributed by atoms with van der Waals surface area (Å²) in [6.07, 6.45) is 0. The van der Waals surface area contributed by atoms with Crippen molar-refractivity contribution in [1.82, 2.24) is 0 Å². The fourth-order valence-corrected chi connectivity index (χ4v) is 2.36. The molecule has 0 fully saturated rings. The van der Waals surface area contributed by atoms with Gasteiger partial charge in [0.05, 0.1) is 0 Å². The van der Waals surface area contributed by atoms with E-state index in [1.807, 2.05) is 42.6 Å². The van der Waals surface area contributed by atoms with Gasteiger partial charge in [-0.2, -0.15) is 0 Å². The lowest BCUT2D eigenvalue weighted by Crippen LogP contribution is -2.91. The molecular weight excluding hydrogens is 290 g/mol. The van der Waals surface area contributed by atoms with Crippen molar-refractivity contribution in [2.24, 2.45) is 5.73 Å². The maximum Gasteiger partial charge on any atom is 0.282 e. The molecule has 0 aromatic heterocycles. The van der Waals surface area contributed by atoms with Crippen LogP contribution in [0.25, 0.3) is 0 Å². The number of benzene rings is 2. The number of amides is 2. The van der Waals surface area contributed by atoms with E-state index in [2.05, 4.69) is 12.2 Å². The van der Waals surface area contributed by atoms with Crippen LogP contribution in [-0.2, 0) is 4.79 Å². The fraction of sp³-hybridized carbons (Fsp3) is 0.222. The highest BCUT2D eigenvalue weighted by molar-refractivity contribution is 5.95. The Balaban J connectivity index is 1.93. The lowest BCUT2D eigenvalue weighted by molar-refractivity contribution is -0.709. The Morgan fingerprint density at radius 1 is 1.00 bits per heavy atom. The minimum absolute atomic E-state index is 0.0837. The molecule has 2 rings (SSSR count). The first kappa shape index (κ1) is 16.7. The van der Waals surface area contributed by atoms with Gasteiger partial charge in [-0.05, 0) is 38.1 Å². The number of quaternary nitrogens is 1. The quantitative estimate of drug-likeness (QED) is 0.753. The average molecular weight is 312 g/mol. The largest absolute Gasteiger partial charge is 0.366 e. The smallest absolute Gasteiger partial charge is 0.282 e. The van der Waals surface area contributed by atoms with E-state index in [4.69, 9.17) is 5.73 Å². The number of nitrogens with two attached hydrogens (primary N) is 2. The first-order chi connectivity index (χ1) is 11.0. The summed E-state index contributed by atoms with van der Waals surface area (Å²) in [5.74, 6) is -0.569. The summed E-state index contributed by atoms with van der Waals surface area (Å²) < 4.78 is 0. The zero-order chi connectivity index (χ0) is 16.8. The molecule has 2 aromatic carbocycles. The van der Waals surface area contributed by atoms with Gasteiger partial charge < -0.3 is 16.4 Å². The predicted molar refractivity (Wildman–Crippen MR) is 89.8 cm³/mol. The van der Waals surface area contributed by atoms with E-state index in [0.717, 1.165) is 0 Å². The Bertz CT molecular complexity index is 668. The van der Waals surface area contributed by atoms with Gasteiger partial charge in [-0.3, -0.25) is 9.59 Å². The number of rotatable bonds is 6. The van der Waals surface area contributed by atoms with E-state index < -0.39 is 5.91 Å². The second-order valence-electron chi connectivity index (χ2n) is 5.61. The minimum Gasteiger partial charge on any atom is -0.366 e. The number of hydrogen-bond donors (Lipinski definition) is 3. The molecule has 120 valence electrons. The van der Waals surface area contributed by atoms with Crippen molar-refractivity contribution >= 4 is 17.5 Å². The molecule has 0 saturated heterocycles. The van der Waals surface area contributed by atoms with Crippen LogP contribution < -0.4 is 16.4 Å². The van der Waals surface area contributed by atoms with Gasteiger partial charge in [-0.1, -0.05) is 30.3 Å². The van der Waals surface area contributed by atoms with Crippen LogP contribution >= 0.6 is 0 Å². The molecule has 5 N–H and O–H groups in total. The van der Waals surface area contributed by atoms with Crippen LogP contribution in [0.3, 0.4) is 0 Å². The molecule has 0 saturated carbocycles. The normalized spacial score (nSPS) is 13.1. The first-order valence-electron chi connectivity index (χ1n) is 7.58. The molecule has 23 heavy (non-hydrogen) atoms. The Morgan fingerprint density at radius 3 is 2.17 bits per heavy atom. The third kappa shape index (κ3) is 4.66. The number of carbonyl (C=O) groups is 2. The van der Waals surface area contributed by atoms with Gasteiger partial charge in [0.1, 0.15) is 6.04 Å². The molecule has 5 nitrogen and oxygen atoms in total. The summed E-state index contributed by atoms with van der Waals surface area (Å²) in [6, 6.07) is 16.5. The zero-order valence-electron chi connectivity index (χ0n) is 13.3. The highest BCUT2D eigenvalue weighted by Gasteiger charge is 2.20. The monoisotopic (exact) mass is 312 g/mol. The predicted octanol–water partition coefficient (Wildman–Crippen LogP) is 1.44. The number of anilines is 1. The maximum absolute atomic E-state index is 12.3. The van der Waals surface area contributed by atoms with Crippen LogP contribution in [0.5, 0.6) is 0 Å². The van der Waals surface area contributed by atoms with E-state index in [9.17, 15) is 9.59 Å². The third-order valence-electron chi connectivity index (χ3n) is 3.75. The lowest BCUT2D eigenvalue weighted by atomic mass is 10.1. The summed E-state index contributed by atoms with van der Waals surface area (Å²) in [5, 5.41) is 4.86. The van der Waals surface area contributed by atoms with E-state index in [-0.39, 0.29) is 18.0 Å². The molecule has 0 aliphatic rings. The number of primary amides is 1. The molecule has 0 bridgehead atoms. The van der Waals surface area contributed by atoms with Gasteiger partial charge in [-0.25, -0.2) is 0 Å². The lowest BCUT2D eigenvalue weighted by Gasteiger charge is -2.17. The summed E-state index contributed by atoms with van der Waals surface area (Å²) in [5.41, 5.74) is 7.43. The average Bonchev–Trinajstić information content (AvgIpc) is 2.56. The molecule has 0 aliphatic heterocycles. The van der Waals surface area contributed by atoms with Gasteiger partial charge in [-0.15, -0.1) is 0 Å². The molecule has 0 aliphatic carbocycles. The van der Waals surface area contributed by atoms with Crippen LogP contribution in [-0.4, -0.2) is 17.9 Å². The summed E-state index contributed by atoms with van der Waals surface area (Å²) in [4.78, 5) is 23.3. The van der Waals surface area contributed by atoms with Gasteiger partial charge in [0.2, 0.25) is 5.91 Å². The van der Waals surface area contributed by atoms with Crippen molar-refractivity contribution in [3.63, 3.8) is 0 Å². The van der Waals surface area contributed by atoms with Crippen molar-refractivity contribution in [1.29, 1.82) is 0 Å². The van der Waals surface area contributed by atoms with E-state index in [1.54, 1.807) is 24.3 Å². The fourth-order valence-electron chi connectivity index (χ4n) is 2.36. The number of carbonyl (C=O) groups excluding carboxylic acids is 2. The van der Waals surface area contributed by atoms with Crippen LogP contribution in [0.2, 0.25) is 0 Å². The molecule has 2 amide bonds. The molecule has 5 heteroatoms. The Morgan fingerprint density at radius 2 is 1.61 bits per heavy atom. The zero-order valence-corrected chi connectivity index (χ0v) is 13.3. The number of nitrogens with one attached hydrogen (secondary N) is 1. The van der Waals surface area contributed by atoms with Gasteiger partial charge >= 0.3 is 0 Å². The molecule has 0 heterocycles. The van der Waals surface area contributed by atoms with Crippen molar-refractivity contribution in [2.45, 2.75) is 25.9 Å². The highest BCUT2D eigenvalue weighted by Crippen LogP contribution is 2.10. The van der Waals surface area contributed by atoms with E-state index in [0.29, 0.717) is 11.3 Å². The molecule has 2 atom stereocenters. The first-order valence-corrected chi connectivity index (χ1v) is 7.58. The summed E-state index contributed by atoms with van der Waals surface area (Å²) >= 11 is 0. The maximum atomic E-state index is 12.3. The Kier molecular flexibility index (Phi) is 5.49. The SMILES string of the molecule is C[C@H]([NH2+][C@@H](C)c1ccccc1)C(=O)Nc1ccc(C(N)=O)cc1. The van der Waals surface area contributed by atoms with Crippen LogP contribution in [0.15, 0.2) is 54.6 Å². The van der Waals surface area contributed by atoms with Gasteiger partial charge in [0.15, 0.2) is 6.04 Å². The van der Waals surface area contributed by atoms with Crippen LogP contribution in [0.4, 0.5) is 5.69 Å². The van der Waals surface area contributed by atoms with E-state index >= 15 is 0 Å². The van der Waals surface area contributed by atoms with Crippen LogP contribution in [0, 0.1) is 0 Å². The van der Waals surface area contributed by atoms with Gasteiger partial charge in [0.25, 0.3) is 5.91 Å². The minimum atomic E-state index is -0.485. The van der Waals surface area contributed by atoms with Crippen molar-refractivity contribution < 1.29 is 14.9 Å². The van der Waals surface area contributed by atoms with Crippen LogP contribution in [0.1, 0.15) is 35.8 Å². The number of hydrogen-bond acceptors (Lipinski definition) is 2. The second-order valence-corrected chi connectivity index (χ2v) is 5.61. The topological polar surface area (TPSA) is 88.8 Å². The Labute approximate surface area is 135 Å². The van der Waals surface area contributed by atoms with Crippen molar-refractivity contribution in [2.75, 3.05) is 5.32 Å². The standard InChI is InChI=1S/C18H21N3O2/c1-12(14-6-4-3-5-7-14)20-13(2)18(23)21-16-10-8-15(9-11-16)17(19)22/h3-13,20H,1-2H3,(H2,19,22)(H,21,23)/p+1/t12-,13-/m0/s1. The molecular formula is C18H22N3O2+. The summed E-state index contributed by atoms with van der Waals surface area (Å²) in [6.45, 7) is 3.94. The van der Waals surface area contributed by atoms with Gasteiger partial charge in [0, 0.05) is 16.8 Å². The van der Waals surface area contributed by atoms with Crippen molar-refractivity contribution in [3.05, 3.63) is 65.7 Å².